The Hall–Kier alpha value is -3.48. The van der Waals surface area contributed by atoms with Gasteiger partial charge < -0.3 is 19.9 Å². The molecule has 1 aliphatic rings. The summed E-state index contributed by atoms with van der Waals surface area (Å²) in [6.45, 7) is 4.15. The first-order valence-electron chi connectivity index (χ1n) is 14.5. The summed E-state index contributed by atoms with van der Waals surface area (Å²) in [6.07, 6.45) is -7.24. The molecule has 2 N–H and O–H groups in total. The van der Waals surface area contributed by atoms with Crippen molar-refractivity contribution < 1.29 is 40.7 Å². The van der Waals surface area contributed by atoms with Gasteiger partial charge in [0.15, 0.2) is 0 Å². The smallest absolute Gasteiger partial charge is 0.391 e. The minimum absolute atomic E-state index is 0.0597. The van der Waals surface area contributed by atoms with Crippen LogP contribution in [0.15, 0.2) is 24.3 Å². The average molecular weight is 661 g/mol. The summed E-state index contributed by atoms with van der Waals surface area (Å²) in [5.74, 6) is -2.82. The van der Waals surface area contributed by atoms with E-state index in [1.807, 2.05) is 0 Å². The molecule has 0 atom stereocenters. The summed E-state index contributed by atoms with van der Waals surface area (Å²) in [7, 11) is 1.62. The number of alkyl halides is 5. The van der Waals surface area contributed by atoms with E-state index in [1.54, 1.807) is 32.4 Å². The Morgan fingerprint density at radius 3 is 2.38 bits per heavy atom. The molecule has 7 nitrogen and oxygen atoms in total. The summed E-state index contributed by atoms with van der Waals surface area (Å²) in [5.41, 5.74) is 0.260. The molecule has 2 amide bonds. The van der Waals surface area contributed by atoms with E-state index in [-0.39, 0.29) is 77.5 Å². The van der Waals surface area contributed by atoms with E-state index in [0.717, 1.165) is 0 Å². The molecule has 0 spiro atoms. The number of nitrogens with one attached hydrogen (secondary N) is 2. The number of halogens is 7. The van der Waals surface area contributed by atoms with Gasteiger partial charge in [-0.2, -0.15) is 13.2 Å². The van der Waals surface area contributed by atoms with Gasteiger partial charge in [0.25, 0.3) is 12.3 Å². The molecular weight excluding hydrogens is 626 g/mol. The summed E-state index contributed by atoms with van der Waals surface area (Å²) in [4.78, 5) is 30.1. The first-order valence-corrected chi connectivity index (χ1v) is 14.9. The van der Waals surface area contributed by atoms with Crippen molar-refractivity contribution in [1.82, 2.24) is 20.2 Å². The summed E-state index contributed by atoms with van der Waals surface area (Å²) in [6, 6.07) is 5.20. The maximum absolute atomic E-state index is 15.6. The monoisotopic (exact) mass is 660 g/mol. The van der Waals surface area contributed by atoms with Crippen LogP contribution in [0.2, 0.25) is 5.02 Å². The zero-order chi connectivity index (χ0) is 33.3. The third kappa shape index (κ3) is 8.22. The van der Waals surface area contributed by atoms with Gasteiger partial charge >= 0.3 is 6.18 Å². The molecule has 1 aromatic heterocycles. The van der Waals surface area contributed by atoms with Crippen molar-refractivity contribution in [2.45, 2.75) is 78.1 Å². The molecule has 45 heavy (non-hydrogen) atoms. The Morgan fingerprint density at radius 1 is 1.11 bits per heavy atom. The second-order valence-corrected chi connectivity index (χ2v) is 12.7. The minimum atomic E-state index is -4.30. The lowest BCUT2D eigenvalue weighted by Gasteiger charge is -2.30. The Balaban J connectivity index is 1.61. The van der Waals surface area contributed by atoms with Gasteiger partial charge in [0.05, 0.1) is 22.5 Å². The van der Waals surface area contributed by atoms with Crippen molar-refractivity contribution in [3.05, 3.63) is 57.6 Å². The molecule has 2 aromatic carbocycles. The van der Waals surface area contributed by atoms with Crippen LogP contribution < -0.4 is 15.4 Å². The van der Waals surface area contributed by atoms with Crippen LogP contribution in [0.5, 0.6) is 5.75 Å². The molecule has 0 radical (unpaired) electrons. The summed E-state index contributed by atoms with van der Waals surface area (Å²) in [5, 5.41) is 5.54. The van der Waals surface area contributed by atoms with Crippen molar-refractivity contribution in [2.75, 3.05) is 6.61 Å². The normalized spacial score (nSPS) is 17.5. The van der Waals surface area contributed by atoms with Crippen molar-refractivity contribution in [3.8, 4) is 5.75 Å². The number of fused-ring (bicyclic) bond motifs is 1. The molecule has 246 valence electrons. The van der Waals surface area contributed by atoms with Gasteiger partial charge in [-0.25, -0.2) is 18.2 Å². The van der Waals surface area contributed by atoms with Gasteiger partial charge in [0.1, 0.15) is 24.0 Å². The first kappa shape index (κ1) is 34.4. The maximum atomic E-state index is 15.6. The fraction of sp³-hybridized carbons (Fsp3) is 0.516. The summed E-state index contributed by atoms with van der Waals surface area (Å²) < 4.78 is 87.8. The minimum Gasteiger partial charge on any atom is -0.487 e. The first-order chi connectivity index (χ1) is 21.0. The highest BCUT2D eigenvalue weighted by atomic mass is 35.5. The van der Waals surface area contributed by atoms with Crippen LogP contribution in [0.25, 0.3) is 11.0 Å². The van der Waals surface area contributed by atoms with Crippen LogP contribution in [-0.2, 0) is 24.8 Å². The standard InChI is InChI=1S/C31H35ClF6N4O3/c1-30(2,3)29(44)39-14-16-5-10-21(32)19(27(16)35)12-26-41-22-11-20(24(45-15-25(33)34)13-23(22)42(26)4)28(43)40-18-8-6-17(7-9-18)31(36,37)38/h5,10-11,13,17-18,25H,6-9,12,14-15H2,1-4H3,(H,39,44)(H,40,43). The number of hydrogen-bond acceptors (Lipinski definition) is 4. The molecule has 0 aliphatic heterocycles. The second-order valence-electron chi connectivity index (χ2n) is 12.3. The lowest BCUT2D eigenvalue weighted by molar-refractivity contribution is -0.182. The quantitative estimate of drug-likeness (QED) is 0.240. The predicted molar refractivity (Wildman–Crippen MR) is 157 cm³/mol. The predicted octanol–water partition coefficient (Wildman–Crippen LogP) is 7.11. The molecule has 1 fully saturated rings. The molecule has 14 heteroatoms. The van der Waals surface area contributed by atoms with E-state index in [9.17, 15) is 31.5 Å². The van der Waals surface area contributed by atoms with Crippen molar-refractivity contribution >= 4 is 34.4 Å². The van der Waals surface area contributed by atoms with Gasteiger partial charge in [-0.15, -0.1) is 0 Å². The number of rotatable bonds is 9. The SMILES string of the molecule is Cn1c(Cc2c(Cl)ccc(CNC(=O)C(C)(C)C)c2F)nc2cc(C(=O)NC3CCC(C(F)(F)F)CC3)c(OCC(F)F)cc21. The number of nitrogens with zero attached hydrogens (tertiary/aromatic N) is 2. The van der Waals surface area contributed by atoms with Gasteiger partial charge in [0.2, 0.25) is 5.91 Å². The molecule has 0 unspecified atom stereocenters. The number of hydrogen-bond donors (Lipinski definition) is 2. The van der Waals surface area contributed by atoms with Crippen LogP contribution in [0.4, 0.5) is 26.3 Å². The van der Waals surface area contributed by atoms with Crippen LogP contribution >= 0.6 is 11.6 Å². The van der Waals surface area contributed by atoms with Gasteiger partial charge in [-0.3, -0.25) is 9.59 Å². The molecule has 1 heterocycles. The number of amides is 2. The van der Waals surface area contributed by atoms with Crippen LogP contribution in [0, 0.1) is 17.2 Å². The maximum Gasteiger partial charge on any atom is 0.391 e. The fourth-order valence-corrected chi connectivity index (χ4v) is 5.46. The largest absolute Gasteiger partial charge is 0.487 e. The zero-order valence-electron chi connectivity index (χ0n) is 25.3. The van der Waals surface area contributed by atoms with Crippen LogP contribution in [0.1, 0.15) is 73.8 Å². The van der Waals surface area contributed by atoms with E-state index < -0.39 is 48.3 Å². The highest BCUT2D eigenvalue weighted by Crippen LogP contribution is 2.38. The van der Waals surface area contributed by atoms with Gasteiger partial charge in [0, 0.05) is 53.7 Å². The number of carbonyl (C=O) groups is 2. The molecule has 0 saturated heterocycles. The third-order valence-electron chi connectivity index (χ3n) is 7.93. The molecule has 1 aliphatic carbocycles. The average Bonchev–Trinajstić information content (AvgIpc) is 3.26. The van der Waals surface area contributed by atoms with Crippen LogP contribution in [0.3, 0.4) is 0 Å². The molecule has 0 bridgehead atoms. The van der Waals surface area contributed by atoms with Crippen LogP contribution in [-0.4, -0.2) is 46.6 Å². The number of aryl methyl sites for hydroxylation is 1. The summed E-state index contributed by atoms with van der Waals surface area (Å²) >= 11 is 6.36. The second kappa shape index (κ2) is 13.5. The van der Waals surface area contributed by atoms with Gasteiger partial charge in [-0.05, 0) is 37.8 Å². The van der Waals surface area contributed by atoms with E-state index in [4.69, 9.17) is 16.3 Å². The van der Waals surface area contributed by atoms with E-state index >= 15 is 4.39 Å². The van der Waals surface area contributed by atoms with Crippen molar-refractivity contribution in [2.24, 2.45) is 18.4 Å². The zero-order valence-corrected chi connectivity index (χ0v) is 26.0. The Kier molecular flexibility index (Phi) is 10.3. The van der Waals surface area contributed by atoms with E-state index in [1.165, 1.54) is 24.3 Å². The number of benzene rings is 2. The lowest BCUT2D eigenvalue weighted by atomic mass is 9.85. The molecule has 3 aromatic rings. The van der Waals surface area contributed by atoms with E-state index in [2.05, 4.69) is 15.6 Å². The number of aromatic nitrogens is 2. The Morgan fingerprint density at radius 2 is 1.78 bits per heavy atom. The lowest BCUT2D eigenvalue weighted by Crippen LogP contribution is -2.40. The topological polar surface area (TPSA) is 85.2 Å². The van der Waals surface area contributed by atoms with Crippen molar-refractivity contribution in [3.63, 3.8) is 0 Å². The van der Waals surface area contributed by atoms with E-state index in [0.29, 0.717) is 11.3 Å². The molecule has 1 saturated carbocycles. The van der Waals surface area contributed by atoms with Gasteiger partial charge in [-0.1, -0.05) is 38.4 Å². The highest BCUT2D eigenvalue weighted by Gasteiger charge is 2.41. The number of imidazole rings is 1. The third-order valence-corrected chi connectivity index (χ3v) is 8.29. The number of ether oxygens (including phenoxy) is 1. The fourth-order valence-electron chi connectivity index (χ4n) is 5.25. The molecule has 4 rings (SSSR count). The number of carbonyl (C=O) groups excluding carboxylic acids is 2. The Labute approximate surface area is 261 Å². The highest BCUT2D eigenvalue weighted by molar-refractivity contribution is 6.31. The Bertz CT molecular complexity index is 1560. The molecular formula is C31H35ClF6N4O3. The van der Waals surface area contributed by atoms with Crippen molar-refractivity contribution in [1.29, 1.82) is 0 Å².